The molecular formula is C11H18N2. The molecule has 0 bridgehead atoms. The van der Waals surface area contributed by atoms with Crippen molar-refractivity contribution in [2.45, 2.75) is 25.7 Å². The van der Waals surface area contributed by atoms with Gasteiger partial charge in [0.15, 0.2) is 0 Å². The standard InChI is InChI=1S/C11H18N2/c1-2-8-4-9-6-12-7-10(9)5-11(8)13-3-1/h8-10,12H,1-7H2. The van der Waals surface area contributed by atoms with Gasteiger partial charge < -0.3 is 5.32 Å². The zero-order chi connectivity index (χ0) is 8.67. The Kier molecular flexibility index (Phi) is 1.90. The summed E-state index contributed by atoms with van der Waals surface area (Å²) in [5.74, 6) is 2.77. The minimum absolute atomic E-state index is 0.870. The fraction of sp³-hybridized carbons (Fsp3) is 0.909. The van der Waals surface area contributed by atoms with Gasteiger partial charge in [-0.2, -0.15) is 0 Å². The van der Waals surface area contributed by atoms with E-state index < -0.39 is 0 Å². The molecule has 2 nitrogen and oxygen atoms in total. The Morgan fingerprint density at radius 3 is 3.15 bits per heavy atom. The van der Waals surface area contributed by atoms with Crippen molar-refractivity contribution in [2.24, 2.45) is 22.7 Å². The summed E-state index contributed by atoms with van der Waals surface area (Å²) in [4.78, 5) is 4.70. The van der Waals surface area contributed by atoms with E-state index in [1.807, 2.05) is 0 Å². The third-order valence-electron chi connectivity index (χ3n) is 4.04. The molecule has 3 aliphatic rings. The Morgan fingerprint density at radius 1 is 1.23 bits per heavy atom. The molecule has 0 aromatic rings. The number of fused-ring (bicyclic) bond motifs is 2. The summed E-state index contributed by atoms with van der Waals surface area (Å²) in [6.45, 7) is 3.63. The van der Waals surface area contributed by atoms with E-state index in [-0.39, 0.29) is 0 Å². The van der Waals surface area contributed by atoms with Gasteiger partial charge in [-0.3, -0.25) is 4.99 Å². The first-order valence-corrected chi connectivity index (χ1v) is 5.67. The minimum Gasteiger partial charge on any atom is -0.316 e. The molecule has 0 aromatic carbocycles. The smallest absolute Gasteiger partial charge is 0.0389 e. The molecule has 1 saturated carbocycles. The molecule has 3 unspecified atom stereocenters. The van der Waals surface area contributed by atoms with Crippen LogP contribution in [0.3, 0.4) is 0 Å². The maximum atomic E-state index is 4.70. The molecule has 2 fully saturated rings. The van der Waals surface area contributed by atoms with E-state index in [0.717, 1.165) is 24.3 Å². The lowest BCUT2D eigenvalue weighted by Crippen LogP contribution is -2.33. The van der Waals surface area contributed by atoms with Crippen molar-refractivity contribution < 1.29 is 0 Å². The van der Waals surface area contributed by atoms with Crippen LogP contribution in [0.2, 0.25) is 0 Å². The Hall–Kier alpha value is -0.370. The van der Waals surface area contributed by atoms with Crippen molar-refractivity contribution in [1.82, 2.24) is 5.32 Å². The first-order chi connectivity index (χ1) is 6.43. The third-order valence-corrected chi connectivity index (χ3v) is 4.04. The second-order valence-electron chi connectivity index (χ2n) is 4.83. The Labute approximate surface area is 79.8 Å². The summed E-state index contributed by atoms with van der Waals surface area (Å²) in [6.07, 6.45) is 5.49. The summed E-state index contributed by atoms with van der Waals surface area (Å²) in [6, 6.07) is 0. The first kappa shape index (κ1) is 7.98. The third kappa shape index (κ3) is 1.32. The van der Waals surface area contributed by atoms with Crippen molar-refractivity contribution in [3.05, 3.63) is 0 Å². The molecule has 0 radical (unpaired) electrons. The highest BCUT2D eigenvalue weighted by atomic mass is 14.9. The number of nitrogens with zero attached hydrogens (tertiary/aromatic N) is 1. The molecule has 1 aliphatic carbocycles. The molecule has 1 N–H and O–H groups in total. The molecular weight excluding hydrogens is 160 g/mol. The van der Waals surface area contributed by atoms with Gasteiger partial charge in [0.05, 0.1) is 0 Å². The van der Waals surface area contributed by atoms with Crippen LogP contribution in [-0.2, 0) is 0 Å². The predicted octanol–water partition coefficient (Wildman–Crippen LogP) is 1.47. The van der Waals surface area contributed by atoms with Crippen molar-refractivity contribution in [3.63, 3.8) is 0 Å². The van der Waals surface area contributed by atoms with E-state index >= 15 is 0 Å². The van der Waals surface area contributed by atoms with E-state index in [2.05, 4.69) is 5.32 Å². The van der Waals surface area contributed by atoms with Crippen LogP contribution < -0.4 is 5.32 Å². The highest BCUT2D eigenvalue weighted by Crippen LogP contribution is 2.37. The highest BCUT2D eigenvalue weighted by Gasteiger charge is 2.37. The van der Waals surface area contributed by atoms with Crippen LogP contribution in [0.1, 0.15) is 25.7 Å². The highest BCUT2D eigenvalue weighted by molar-refractivity contribution is 5.88. The lowest BCUT2D eigenvalue weighted by Gasteiger charge is -2.34. The largest absolute Gasteiger partial charge is 0.316 e. The minimum atomic E-state index is 0.870. The normalized spacial score (nSPS) is 43.7. The van der Waals surface area contributed by atoms with E-state index in [9.17, 15) is 0 Å². The van der Waals surface area contributed by atoms with E-state index in [0.29, 0.717) is 0 Å². The second-order valence-corrected chi connectivity index (χ2v) is 4.83. The number of rotatable bonds is 0. The summed E-state index contributed by atoms with van der Waals surface area (Å²) < 4.78 is 0. The van der Waals surface area contributed by atoms with Crippen LogP contribution in [-0.4, -0.2) is 25.3 Å². The fourth-order valence-corrected chi connectivity index (χ4v) is 3.28. The number of nitrogens with one attached hydrogen (secondary N) is 1. The van der Waals surface area contributed by atoms with E-state index in [1.165, 1.54) is 38.8 Å². The SMILES string of the molecule is C1CN=C2CC3CNCC3CC2C1. The number of hydrogen-bond acceptors (Lipinski definition) is 2. The molecule has 2 heteroatoms. The Balaban J connectivity index is 1.80. The Bertz CT molecular complexity index is 234. The van der Waals surface area contributed by atoms with Crippen LogP contribution in [0.25, 0.3) is 0 Å². The lowest BCUT2D eigenvalue weighted by atomic mass is 9.72. The summed E-state index contributed by atoms with van der Waals surface area (Å²) >= 11 is 0. The zero-order valence-corrected chi connectivity index (χ0v) is 8.13. The van der Waals surface area contributed by atoms with Crippen molar-refractivity contribution >= 4 is 5.71 Å². The summed E-state index contributed by atoms with van der Waals surface area (Å²) in [7, 11) is 0. The summed E-state index contributed by atoms with van der Waals surface area (Å²) in [5, 5.41) is 3.52. The van der Waals surface area contributed by atoms with Gasteiger partial charge in [0, 0.05) is 12.3 Å². The summed E-state index contributed by atoms with van der Waals surface area (Å²) in [5.41, 5.74) is 1.57. The van der Waals surface area contributed by atoms with Crippen LogP contribution in [0.5, 0.6) is 0 Å². The van der Waals surface area contributed by atoms with Crippen LogP contribution in [0.4, 0.5) is 0 Å². The predicted molar refractivity (Wildman–Crippen MR) is 54.1 cm³/mol. The van der Waals surface area contributed by atoms with Crippen molar-refractivity contribution in [3.8, 4) is 0 Å². The fourth-order valence-electron chi connectivity index (χ4n) is 3.28. The van der Waals surface area contributed by atoms with Crippen molar-refractivity contribution in [1.29, 1.82) is 0 Å². The average Bonchev–Trinajstić information content (AvgIpc) is 2.61. The lowest BCUT2D eigenvalue weighted by molar-refractivity contribution is 0.313. The molecule has 0 aromatic heterocycles. The van der Waals surface area contributed by atoms with Crippen LogP contribution in [0, 0.1) is 17.8 Å². The van der Waals surface area contributed by atoms with Gasteiger partial charge in [0.25, 0.3) is 0 Å². The zero-order valence-electron chi connectivity index (χ0n) is 8.13. The molecule has 0 spiro atoms. The molecule has 2 aliphatic heterocycles. The van der Waals surface area contributed by atoms with Gasteiger partial charge in [0.1, 0.15) is 0 Å². The first-order valence-electron chi connectivity index (χ1n) is 5.67. The molecule has 2 heterocycles. The maximum absolute atomic E-state index is 4.70. The van der Waals surface area contributed by atoms with E-state index in [1.54, 1.807) is 5.71 Å². The van der Waals surface area contributed by atoms with Crippen LogP contribution >= 0.6 is 0 Å². The van der Waals surface area contributed by atoms with E-state index in [4.69, 9.17) is 4.99 Å². The molecule has 3 atom stereocenters. The van der Waals surface area contributed by atoms with Gasteiger partial charge in [0.2, 0.25) is 0 Å². The van der Waals surface area contributed by atoms with Gasteiger partial charge >= 0.3 is 0 Å². The number of hydrogen-bond donors (Lipinski definition) is 1. The second kappa shape index (κ2) is 3.09. The number of aliphatic imine (C=N–C) groups is 1. The van der Waals surface area contributed by atoms with Crippen LogP contribution in [0.15, 0.2) is 4.99 Å². The van der Waals surface area contributed by atoms with Crippen molar-refractivity contribution in [2.75, 3.05) is 19.6 Å². The Morgan fingerprint density at radius 2 is 2.15 bits per heavy atom. The molecule has 13 heavy (non-hydrogen) atoms. The molecule has 1 saturated heterocycles. The average molecular weight is 178 g/mol. The maximum Gasteiger partial charge on any atom is 0.0389 e. The molecule has 0 amide bonds. The molecule has 72 valence electrons. The van der Waals surface area contributed by atoms with Gasteiger partial charge in [-0.25, -0.2) is 0 Å². The monoisotopic (exact) mass is 178 g/mol. The molecule has 3 rings (SSSR count). The van der Waals surface area contributed by atoms with Gasteiger partial charge in [-0.1, -0.05) is 0 Å². The van der Waals surface area contributed by atoms with Gasteiger partial charge in [-0.15, -0.1) is 0 Å². The topological polar surface area (TPSA) is 24.4 Å². The quantitative estimate of drug-likeness (QED) is 0.597. The van der Waals surface area contributed by atoms with Gasteiger partial charge in [-0.05, 0) is 56.5 Å².